The van der Waals surface area contributed by atoms with Gasteiger partial charge in [0.1, 0.15) is 0 Å². The van der Waals surface area contributed by atoms with E-state index in [4.69, 9.17) is 9.57 Å². The highest BCUT2D eigenvalue weighted by Gasteiger charge is 2.29. The summed E-state index contributed by atoms with van der Waals surface area (Å²) in [5, 5.41) is 0. The number of hydrogen-bond donors (Lipinski definition) is 1. The molecule has 0 atom stereocenters. The van der Waals surface area contributed by atoms with E-state index in [1.807, 2.05) is 0 Å². The normalized spacial score (nSPS) is 12.0. The Hall–Kier alpha value is -0.120. The van der Waals surface area contributed by atoms with Crippen LogP contribution in [0.3, 0.4) is 0 Å². The van der Waals surface area contributed by atoms with Gasteiger partial charge in [-0.1, -0.05) is 143 Å². The minimum Gasteiger partial charge on any atom is -0.373 e. The van der Waals surface area contributed by atoms with E-state index in [9.17, 15) is 0 Å². The molecule has 0 aromatic carbocycles. The lowest BCUT2D eigenvalue weighted by atomic mass is 9.84. The second-order valence-corrected chi connectivity index (χ2v) is 9.93. The lowest BCUT2D eigenvalue weighted by Gasteiger charge is -2.35. The Morgan fingerprint density at radius 2 is 0.844 bits per heavy atom. The molecule has 0 aromatic heterocycles. The monoisotopic (exact) mass is 455 g/mol. The number of unbranched alkanes of at least 4 members (excludes halogenated alkanes) is 15. The fourth-order valence-electron chi connectivity index (χ4n) is 4.75. The molecule has 1 N–H and O–H groups in total. The van der Waals surface area contributed by atoms with Crippen molar-refractivity contribution in [2.75, 3.05) is 19.8 Å². The molecule has 194 valence electrons. The summed E-state index contributed by atoms with van der Waals surface area (Å²) in [6, 6.07) is 0. The van der Waals surface area contributed by atoms with Gasteiger partial charge in [-0.15, -0.1) is 0 Å². The van der Waals surface area contributed by atoms with Crippen LogP contribution >= 0.6 is 0 Å². The maximum absolute atomic E-state index is 6.69. The van der Waals surface area contributed by atoms with Crippen LogP contribution in [0.5, 0.6) is 0 Å². The van der Waals surface area contributed by atoms with E-state index in [1.54, 1.807) is 0 Å². The molecule has 0 rings (SSSR count). The van der Waals surface area contributed by atoms with Crippen LogP contribution in [0.1, 0.15) is 163 Å². The Morgan fingerprint density at radius 1 is 0.469 bits per heavy atom. The first-order chi connectivity index (χ1) is 15.7. The Kier molecular flexibility index (Phi) is 25.4. The minimum atomic E-state index is 0.0792. The zero-order valence-electron chi connectivity index (χ0n) is 22.8. The SMILES string of the molecule is CCCCCCCCC(CCCCCCCC)(CCCCCCCC)OCCONCC. The molecule has 0 unspecified atom stereocenters. The molecular formula is C29H61NO2. The first-order valence-electron chi connectivity index (χ1n) is 14.7. The highest BCUT2D eigenvalue weighted by Crippen LogP contribution is 2.33. The van der Waals surface area contributed by atoms with Crippen LogP contribution in [-0.2, 0) is 9.57 Å². The minimum absolute atomic E-state index is 0.0792. The Balaban J connectivity index is 4.72. The first kappa shape index (κ1) is 31.9. The molecule has 0 fully saturated rings. The number of ether oxygens (including phenoxy) is 1. The summed E-state index contributed by atoms with van der Waals surface area (Å²) in [4.78, 5) is 5.51. The first-order valence-corrected chi connectivity index (χ1v) is 14.7. The molecule has 3 nitrogen and oxygen atoms in total. The highest BCUT2D eigenvalue weighted by molar-refractivity contribution is 4.81. The lowest BCUT2D eigenvalue weighted by Crippen LogP contribution is -2.35. The van der Waals surface area contributed by atoms with Crippen LogP contribution in [0.4, 0.5) is 0 Å². The van der Waals surface area contributed by atoms with E-state index in [2.05, 4.69) is 33.2 Å². The van der Waals surface area contributed by atoms with Gasteiger partial charge in [0.25, 0.3) is 0 Å². The van der Waals surface area contributed by atoms with Crippen molar-refractivity contribution in [3.8, 4) is 0 Å². The van der Waals surface area contributed by atoms with E-state index in [-0.39, 0.29) is 5.60 Å². The lowest BCUT2D eigenvalue weighted by molar-refractivity contribution is -0.0969. The zero-order valence-corrected chi connectivity index (χ0v) is 22.8. The van der Waals surface area contributed by atoms with Gasteiger partial charge in [0.05, 0.1) is 18.8 Å². The molecule has 0 spiro atoms. The third-order valence-electron chi connectivity index (χ3n) is 6.80. The quantitative estimate of drug-likeness (QED) is 0.0987. The fraction of sp³-hybridized carbons (Fsp3) is 1.00. The van der Waals surface area contributed by atoms with Gasteiger partial charge < -0.3 is 4.74 Å². The molecule has 0 bridgehead atoms. The predicted molar refractivity (Wildman–Crippen MR) is 142 cm³/mol. The van der Waals surface area contributed by atoms with E-state index in [0.29, 0.717) is 13.2 Å². The average molecular weight is 456 g/mol. The second-order valence-electron chi connectivity index (χ2n) is 9.93. The molecule has 0 aliphatic rings. The molecule has 0 saturated heterocycles. The standard InChI is InChI=1S/C29H61NO2/c1-5-9-12-15-18-21-24-29(31-27-28-32-30-8-4,25-22-19-16-13-10-6-2)26-23-20-17-14-11-7-3/h30H,5-28H2,1-4H3. The van der Waals surface area contributed by atoms with E-state index < -0.39 is 0 Å². The summed E-state index contributed by atoms with van der Waals surface area (Å²) in [6.07, 6.45) is 28.3. The molecule has 3 heteroatoms. The summed E-state index contributed by atoms with van der Waals surface area (Å²) in [6.45, 7) is 11.2. The maximum atomic E-state index is 6.69. The molecule has 0 heterocycles. The van der Waals surface area contributed by atoms with Crippen molar-refractivity contribution >= 4 is 0 Å². The van der Waals surface area contributed by atoms with Crippen molar-refractivity contribution < 1.29 is 9.57 Å². The van der Waals surface area contributed by atoms with Crippen LogP contribution in [-0.4, -0.2) is 25.4 Å². The van der Waals surface area contributed by atoms with Crippen LogP contribution in [0, 0.1) is 0 Å². The maximum Gasteiger partial charge on any atom is 0.0916 e. The van der Waals surface area contributed by atoms with Crippen LogP contribution < -0.4 is 5.48 Å². The summed E-state index contributed by atoms with van der Waals surface area (Å²) in [5.41, 5.74) is 3.05. The molecule has 0 amide bonds. The van der Waals surface area contributed by atoms with Gasteiger partial charge in [0.15, 0.2) is 0 Å². The molecule has 0 aliphatic carbocycles. The summed E-state index contributed by atoms with van der Waals surface area (Å²) >= 11 is 0. The third kappa shape index (κ3) is 20.5. The van der Waals surface area contributed by atoms with Gasteiger partial charge in [-0.2, -0.15) is 0 Å². The van der Waals surface area contributed by atoms with Gasteiger partial charge in [0.2, 0.25) is 0 Å². The molecule has 0 radical (unpaired) electrons. The van der Waals surface area contributed by atoms with Crippen LogP contribution in [0.2, 0.25) is 0 Å². The largest absolute Gasteiger partial charge is 0.373 e. The van der Waals surface area contributed by atoms with Crippen LogP contribution in [0.15, 0.2) is 0 Å². The van der Waals surface area contributed by atoms with E-state index in [0.717, 1.165) is 6.54 Å². The second kappa shape index (κ2) is 25.5. The van der Waals surface area contributed by atoms with E-state index in [1.165, 1.54) is 135 Å². The smallest absolute Gasteiger partial charge is 0.0916 e. The Morgan fingerprint density at radius 3 is 1.22 bits per heavy atom. The molecular weight excluding hydrogens is 394 g/mol. The van der Waals surface area contributed by atoms with Gasteiger partial charge in [-0.25, -0.2) is 5.48 Å². The van der Waals surface area contributed by atoms with E-state index >= 15 is 0 Å². The van der Waals surface area contributed by atoms with Crippen molar-refractivity contribution in [3.63, 3.8) is 0 Å². The summed E-state index contributed by atoms with van der Waals surface area (Å²) in [7, 11) is 0. The molecule has 0 saturated carbocycles. The Labute approximate surface area is 203 Å². The number of hydroxylamine groups is 1. The van der Waals surface area contributed by atoms with Crippen molar-refractivity contribution in [2.24, 2.45) is 0 Å². The molecule has 32 heavy (non-hydrogen) atoms. The number of hydrogen-bond acceptors (Lipinski definition) is 3. The highest BCUT2D eigenvalue weighted by atomic mass is 16.7. The number of nitrogens with one attached hydrogen (secondary N) is 1. The summed E-state index contributed by atoms with van der Waals surface area (Å²) in [5.74, 6) is 0. The number of rotatable bonds is 27. The van der Waals surface area contributed by atoms with Gasteiger partial charge >= 0.3 is 0 Å². The average Bonchev–Trinajstić information content (AvgIpc) is 2.80. The molecule has 0 aliphatic heterocycles. The Bertz CT molecular complexity index is 307. The van der Waals surface area contributed by atoms with Crippen molar-refractivity contribution in [2.45, 2.75) is 168 Å². The predicted octanol–water partition coefficient (Wildman–Crippen LogP) is 9.53. The van der Waals surface area contributed by atoms with Crippen molar-refractivity contribution in [1.82, 2.24) is 5.48 Å². The summed E-state index contributed by atoms with van der Waals surface area (Å²) < 4.78 is 6.69. The molecule has 0 aromatic rings. The topological polar surface area (TPSA) is 30.5 Å². The fourth-order valence-corrected chi connectivity index (χ4v) is 4.75. The van der Waals surface area contributed by atoms with Crippen LogP contribution in [0.25, 0.3) is 0 Å². The van der Waals surface area contributed by atoms with Gasteiger partial charge in [-0.05, 0) is 19.3 Å². The zero-order chi connectivity index (χ0) is 23.6. The third-order valence-corrected chi connectivity index (χ3v) is 6.80. The van der Waals surface area contributed by atoms with Crippen molar-refractivity contribution in [3.05, 3.63) is 0 Å². The van der Waals surface area contributed by atoms with Gasteiger partial charge in [-0.3, -0.25) is 4.84 Å². The van der Waals surface area contributed by atoms with Crippen molar-refractivity contribution in [1.29, 1.82) is 0 Å². The van der Waals surface area contributed by atoms with Gasteiger partial charge in [0, 0.05) is 6.54 Å².